The van der Waals surface area contributed by atoms with Gasteiger partial charge in [-0.05, 0) is 13.3 Å². The van der Waals surface area contributed by atoms with E-state index < -0.39 is 0 Å². The van der Waals surface area contributed by atoms with Crippen LogP contribution in [0.3, 0.4) is 0 Å². The van der Waals surface area contributed by atoms with Crippen molar-refractivity contribution in [2.24, 2.45) is 0 Å². The highest BCUT2D eigenvalue weighted by molar-refractivity contribution is 5.43. The maximum atomic E-state index is 9.49. The van der Waals surface area contributed by atoms with Crippen molar-refractivity contribution in [3.63, 3.8) is 0 Å². The van der Waals surface area contributed by atoms with Crippen LogP contribution >= 0.6 is 0 Å². The van der Waals surface area contributed by atoms with E-state index in [0.29, 0.717) is 12.4 Å². The zero-order chi connectivity index (χ0) is 13.8. The molecule has 1 aliphatic rings. The number of methoxy groups -OCH3 is 2. The minimum Gasteiger partial charge on any atom is -0.394 e. The normalized spacial score (nSPS) is 23.1. The summed E-state index contributed by atoms with van der Waals surface area (Å²) in [5, 5.41) is 9.49. The van der Waals surface area contributed by atoms with E-state index in [2.05, 4.69) is 14.9 Å². The molecular formula is C13H21N3O3. The number of aliphatic hydroxyl groups excluding tert-OH is 1. The van der Waals surface area contributed by atoms with Crippen molar-refractivity contribution in [1.82, 2.24) is 9.97 Å². The van der Waals surface area contributed by atoms with Crippen LogP contribution in [0.4, 0.5) is 5.82 Å². The number of aliphatic hydroxyl groups is 1. The minimum absolute atomic E-state index is 0.0506. The lowest BCUT2D eigenvalue weighted by Gasteiger charge is -2.24. The summed E-state index contributed by atoms with van der Waals surface area (Å²) < 4.78 is 10.5. The van der Waals surface area contributed by atoms with Gasteiger partial charge >= 0.3 is 0 Å². The van der Waals surface area contributed by atoms with E-state index in [9.17, 15) is 5.11 Å². The molecule has 0 aliphatic carbocycles. The van der Waals surface area contributed by atoms with E-state index in [-0.39, 0.29) is 18.8 Å². The lowest BCUT2D eigenvalue weighted by atomic mass is 10.2. The maximum absolute atomic E-state index is 9.49. The lowest BCUT2D eigenvalue weighted by molar-refractivity contribution is 0.115. The molecule has 0 radical (unpaired) electrons. The van der Waals surface area contributed by atoms with Gasteiger partial charge in [0.1, 0.15) is 12.4 Å². The molecule has 0 aromatic carbocycles. The molecule has 6 heteroatoms. The number of aryl methyl sites for hydroxylation is 1. The Kier molecular flexibility index (Phi) is 4.68. The van der Waals surface area contributed by atoms with Crippen molar-refractivity contribution in [3.05, 3.63) is 17.6 Å². The average Bonchev–Trinajstić information content (AvgIpc) is 2.81. The molecule has 1 fully saturated rings. The van der Waals surface area contributed by atoms with Crippen LogP contribution < -0.4 is 4.90 Å². The van der Waals surface area contributed by atoms with Crippen molar-refractivity contribution in [1.29, 1.82) is 0 Å². The third-order valence-corrected chi connectivity index (χ3v) is 3.37. The fourth-order valence-electron chi connectivity index (χ4n) is 2.45. The average molecular weight is 267 g/mol. The molecule has 1 aromatic heterocycles. The number of aromatic nitrogens is 2. The van der Waals surface area contributed by atoms with Crippen LogP contribution in [0.25, 0.3) is 0 Å². The van der Waals surface area contributed by atoms with E-state index in [1.54, 1.807) is 14.2 Å². The van der Waals surface area contributed by atoms with Crippen LogP contribution in [0, 0.1) is 6.92 Å². The van der Waals surface area contributed by atoms with Crippen molar-refractivity contribution < 1.29 is 14.6 Å². The molecule has 19 heavy (non-hydrogen) atoms. The molecule has 1 aromatic rings. The van der Waals surface area contributed by atoms with Gasteiger partial charge in [-0.3, -0.25) is 0 Å². The van der Waals surface area contributed by atoms with Crippen molar-refractivity contribution in [3.8, 4) is 0 Å². The molecule has 1 N–H and O–H groups in total. The van der Waals surface area contributed by atoms with Crippen LogP contribution in [-0.2, 0) is 16.1 Å². The first-order valence-electron chi connectivity index (χ1n) is 6.41. The van der Waals surface area contributed by atoms with E-state index in [4.69, 9.17) is 9.47 Å². The quantitative estimate of drug-likeness (QED) is 0.839. The topological polar surface area (TPSA) is 67.7 Å². The highest BCUT2D eigenvalue weighted by Crippen LogP contribution is 2.25. The molecular weight excluding hydrogens is 246 g/mol. The number of hydrogen-bond acceptors (Lipinski definition) is 6. The highest BCUT2D eigenvalue weighted by atomic mass is 16.5. The van der Waals surface area contributed by atoms with Gasteiger partial charge in [0.15, 0.2) is 5.82 Å². The summed E-state index contributed by atoms with van der Waals surface area (Å²) in [6.45, 7) is 3.16. The number of ether oxygens (including phenoxy) is 2. The van der Waals surface area contributed by atoms with Crippen molar-refractivity contribution in [2.45, 2.75) is 32.1 Å². The number of nitrogens with zero attached hydrogens (tertiary/aromatic N) is 3. The Hall–Kier alpha value is -1.24. The third-order valence-electron chi connectivity index (χ3n) is 3.37. The monoisotopic (exact) mass is 267 g/mol. The van der Waals surface area contributed by atoms with Crippen molar-refractivity contribution >= 4 is 5.82 Å². The number of rotatable bonds is 5. The van der Waals surface area contributed by atoms with Gasteiger partial charge in [0.05, 0.1) is 18.8 Å². The zero-order valence-electron chi connectivity index (χ0n) is 11.7. The summed E-state index contributed by atoms with van der Waals surface area (Å²) in [5.41, 5.74) is 0.898. The predicted octanol–water partition coefficient (Wildman–Crippen LogP) is 0.517. The molecule has 1 aliphatic heterocycles. The molecule has 0 unspecified atom stereocenters. The van der Waals surface area contributed by atoms with E-state index in [1.165, 1.54) is 0 Å². The Morgan fingerprint density at radius 1 is 1.42 bits per heavy atom. The zero-order valence-corrected chi connectivity index (χ0v) is 11.7. The van der Waals surface area contributed by atoms with Gasteiger partial charge in [0, 0.05) is 32.5 Å². The first-order chi connectivity index (χ1) is 9.17. The molecule has 0 saturated carbocycles. The lowest BCUT2D eigenvalue weighted by Crippen LogP contribution is -2.33. The predicted molar refractivity (Wildman–Crippen MR) is 71.1 cm³/mol. The van der Waals surface area contributed by atoms with E-state index in [1.807, 2.05) is 13.0 Å². The second-order valence-electron chi connectivity index (χ2n) is 4.80. The van der Waals surface area contributed by atoms with Gasteiger partial charge in [-0.1, -0.05) is 0 Å². The van der Waals surface area contributed by atoms with Gasteiger partial charge < -0.3 is 19.5 Å². The first-order valence-corrected chi connectivity index (χ1v) is 6.41. The summed E-state index contributed by atoms with van der Waals surface area (Å²) in [6, 6.07) is 1.98. The Morgan fingerprint density at radius 3 is 2.84 bits per heavy atom. The highest BCUT2D eigenvalue weighted by Gasteiger charge is 2.32. The molecule has 2 atom stereocenters. The summed E-state index contributed by atoms with van der Waals surface area (Å²) in [6.07, 6.45) is 0.952. The van der Waals surface area contributed by atoms with Gasteiger partial charge in [0.2, 0.25) is 0 Å². The standard InChI is InChI=1S/C13H21N3O3/c1-9-4-13(15-12(14-9)8-18-2)16-6-11(19-3)5-10(16)7-17/h4,10-11,17H,5-8H2,1-3H3/t10-,11-/m0/s1. The summed E-state index contributed by atoms with van der Waals surface area (Å²) in [5.74, 6) is 1.49. The van der Waals surface area contributed by atoms with E-state index in [0.717, 1.165) is 24.5 Å². The van der Waals surface area contributed by atoms with Crippen molar-refractivity contribution in [2.75, 3.05) is 32.3 Å². The van der Waals surface area contributed by atoms with Crippen LogP contribution in [0.15, 0.2) is 6.07 Å². The van der Waals surface area contributed by atoms with Gasteiger partial charge in [-0.25, -0.2) is 9.97 Å². The number of anilines is 1. The minimum atomic E-state index is 0.0506. The molecule has 0 spiro atoms. The van der Waals surface area contributed by atoms with Gasteiger partial charge in [0.25, 0.3) is 0 Å². The summed E-state index contributed by atoms with van der Waals surface area (Å²) >= 11 is 0. The molecule has 2 rings (SSSR count). The number of hydrogen-bond donors (Lipinski definition) is 1. The molecule has 6 nitrogen and oxygen atoms in total. The Labute approximate surface area is 113 Å². The van der Waals surface area contributed by atoms with Crippen LogP contribution in [-0.4, -0.2) is 54.6 Å². The molecule has 106 valence electrons. The van der Waals surface area contributed by atoms with Crippen LogP contribution in [0.5, 0.6) is 0 Å². The van der Waals surface area contributed by atoms with Gasteiger partial charge in [-0.2, -0.15) is 0 Å². The summed E-state index contributed by atoms with van der Waals surface area (Å²) in [4.78, 5) is 10.9. The fourth-order valence-corrected chi connectivity index (χ4v) is 2.45. The Morgan fingerprint density at radius 2 is 2.21 bits per heavy atom. The SMILES string of the molecule is COCc1nc(C)cc(N2C[C@@H](OC)C[C@H]2CO)n1. The maximum Gasteiger partial charge on any atom is 0.156 e. The van der Waals surface area contributed by atoms with Gasteiger partial charge in [-0.15, -0.1) is 0 Å². The first kappa shape index (κ1) is 14.2. The smallest absolute Gasteiger partial charge is 0.156 e. The second-order valence-corrected chi connectivity index (χ2v) is 4.80. The molecule has 2 heterocycles. The Bertz CT molecular complexity index is 428. The fraction of sp³-hybridized carbons (Fsp3) is 0.692. The molecule has 1 saturated heterocycles. The molecule has 0 bridgehead atoms. The Balaban J connectivity index is 2.24. The van der Waals surface area contributed by atoms with Crippen LogP contribution in [0.1, 0.15) is 17.9 Å². The van der Waals surface area contributed by atoms with Crippen LogP contribution in [0.2, 0.25) is 0 Å². The second kappa shape index (κ2) is 6.27. The van der Waals surface area contributed by atoms with E-state index >= 15 is 0 Å². The molecule has 0 amide bonds. The largest absolute Gasteiger partial charge is 0.394 e. The summed E-state index contributed by atoms with van der Waals surface area (Å²) in [7, 11) is 3.32. The third kappa shape index (κ3) is 3.20.